The van der Waals surface area contributed by atoms with Crippen molar-refractivity contribution in [2.24, 2.45) is 10.4 Å². The van der Waals surface area contributed by atoms with Gasteiger partial charge in [0.1, 0.15) is 0 Å². The summed E-state index contributed by atoms with van der Waals surface area (Å²) < 4.78 is 0. The minimum atomic E-state index is -2.09. The number of carboxylic acid groups (broad SMARTS) is 2. The number of hydrogen-bond acceptors (Lipinski definition) is 4. The molecule has 2 rings (SSSR count). The molecule has 0 aliphatic carbocycles. The summed E-state index contributed by atoms with van der Waals surface area (Å²) >= 11 is 0. The molecule has 1 aliphatic rings. The Morgan fingerprint density at radius 2 is 1.95 bits per heavy atom. The van der Waals surface area contributed by atoms with Crippen molar-refractivity contribution in [3.8, 4) is 0 Å². The highest BCUT2D eigenvalue weighted by atomic mass is 16.4. The molecule has 0 atom stereocenters. The molecule has 1 aliphatic heterocycles. The van der Waals surface area contributed by atoms with Gasteiger partial charge >= 0.3 is 11.9 Å². The van der Waals surface area contributed by atoms with Crippen LogP contribution in [-0.4, -0.2) is 32.8 Å². The van der Waals surface area contributed by atoms with E-state index in [0.717, 1.165) is 5.56 Å². The van der Waals surface area contributed by atoms with Crippen molar-refractivity contribution in [3.63, 3.8) is 0 Å². The van der Waals surface area contributed by atoms with Gasteiger partial charge in [0.25, 0.3) is 0 Å². The predicted octanol–water partition coefficient (Wildman–Crippen LogP) is 2.07. The molecule has 0 fully saturated rings. The number of carbonyl (C=O) groups is 2. The molecule has 0 saturated heterocycles. The minimum absolute atomic E-state index is 0.0192. The van der Waals surface area contributed by atoms with Gasteiger partial charge in [-0.1, -0.05) is 26.0 Å². The van der Waals surface area contributed by atoms with E-state index >= 15 is 0 Å². The highest BCUT2D eigenvalue weighted by Crippen LogP contribution is 2.34. The van der Waals surface area contributed by atoms with Crippen molar-refractivity contribution in [2.45, 2.75) is 26.2 Å². The number of allylic oxidation sites excluding steroid dienone is 1. The molecule has 0 bridgehead atoms. The van der Waals surface area contributed by atoms with Gasteiger partial charge in [-0.05, 0) is 24.0 Å². The van der Waals surface area contributed by atoms with E-state index in [9.17, 15) is 19.8 Å². The zero-order valence-electron chi connectivity index (χ0n) is 11.8. The van der Waals surface area contributed by atoms with Gasteiger partial charge < -0.3 is 10.2 Å². The maximum absolute atomic E-state index is 11.7. The summed E-state index contributed by atoms with van der Waals surface area (Å²) in [6.45, 7) is 3.87. The second kappa shape index (κ2) is 5.47. The van der Waals surface area contributed by atoms with Gasteiger partial charge in [-0.15, -0.1) is 0 Å². The Morgan fingerprint density at radius 1 is 1.29 bits per heavy atom. The van der Waals surface area contributed by atoms with Crippen LogP contribution >= 0.6 is 0 Å². The fourth-order valence-electron chi connectivity index (χ4n) is 2.38. The number of aliphatic carboxylic acids is 2. The predicted molar refractivity (Wildman–Crippen MR) is 76.3 cm³/mol. The van der Waals surface area contributed by atoms with E-state index in [2.05, 4.69) is 9.98 Å². The van der Waals surface area contributed by atoms with Crippen LogP contribution in [0.4, 0.5) is 0 Å². The molecule has 0 aromatic carbocycles. The first-order valence-corrected chi connectivity index (χ1v) is 6.56. The number of hydrogen-bond donors (Lipinski definition) is 2. The first-order chi connectivity index (χ1) is 9.91. The average Bonchev–Trinajstić information content (AvgIpc) is 2.46. The highest BCUT2D eigenvalue weighted by Gasteiger charge is 2.52. The Labute approximate surface area is 121 Å². The van der Waals surface area contributed by atoms with E-state index in [-0.39, 0.29) is 18.1 Å². The Hall–Kier alpha value is -2.50. The topological polar surface area (TPSA) is 99.9 Å². The van der Waals surface area contributed by atoms with Crippen LogP contribution in [0.25, 0.3) is 0 Å². The van der Waals surface area contributed by atoms with Crippen molar-refractivity contribution in [1.82, 2.24) is 4.98 Å². The summed E-state index contributed by atoms with van der Waals surface area (Å²) in [5, 5.41) is 19.0. The van der Waals surface area contributed by atoms with Gasteiger partial charge in [0.2, 0.25) is 5.41 Å². The van der Waals surface area contributed by atoms with Crippen LogP contribution < -0.4 is 0 Å². The Bertz CT molecular complexity index is 633. The van der Waals surface area contributed by atoms with Crippen LogP contribution in [0.15, 0.2) is 35.6 Å². The summed E-state index contributed by atoms with van der Waals surface area (Å²) in [6, 6.07) is 3.55. The maximum atomic E-state index is 11.7. The van der Waals surface area contributed by atoms with E-state index in [1.165, 1.54) is 18.5 Å². The van der Waals surface area contributed by atoms with Crippen LogP contribution in [0.2, 0.25) is 0 Å². The molecule has 0 unspecified atom stereocenters. The third kappa shape index (κ3) is 2.33. The largest absolute Gasteiger partial charge is 0.480 e. The molecule has 0 saturated carbocycles. The third-order valence-electron chi connectivity index (χ3n) is 3.55. The van der Waals surface area contributed by atoms with Crippen LogP contribution in [0.5, 0.6) is 0 Å². The fraction of sp³-hybridized carbons (Fsp3) is 0.333. The molecule has 110 valence electrons. The van der Waals surface area contributed by atoms with Gasteiger partial charge in [-0.2, -0.15) is 0 Å². The number of carboxylic acids is 2. The number of aliphatic imine (C=N–C) groups is 1. The molecular formula is C15H16N2O4. The van der Waals surface area contributed by atoms with E-state index in [4.69, 9.17) is 0 Å². The Balaban J connectivity index is 2.70. The second-order valence-corrected chi connectivity index (χ2v) is 5.18. The lowest BCUT2D eigenvalue weighted by atomic mass is 9.75. The van der Waals surface area contributed by atoms with Gasteiger partial charge in [-0.25, -0.2) is 0 Å². The van der Waals surface area contributed by atoms with E-state index in [1.807, 2.05) is 19.9 Å². The average molecular weight is 288 g/mol. The van der Waals surface area contributed by atoms with Crippen molar-refractivity contribution >= 4 is 17.7 Å². The number of rotatable bonds is 4. The second-order valence-electron chi connectivity index (χ2n) is 5.18. The Kier molecular flexibility index (Phi) is 3.88. The summed E-state index contributed by atoms with van der Waals surface area (Å²) in [7, 11) is 0. The molecule has 21 heavy (non-hydrogen) atoms. The molecular weight excluding hydrogens is 272 g/mol. The third-order valence-corrected chi connectivity index (χ3v) is 3.55. The normalized spacial score (nSPS) is 16.6. The molecule has 0 spiro atoms. The smallest absolute Gasteiger partial charge is 0.327 e. The molecule has 1 aromatic heterocycles. The lowest BCUT2D eigenvalue weighted by Crippen LogP contribution is -2.48. The van der Waals surface area contributed by atoms with Gasteiger partial charge in [0.15, 0.2) is 0 Å². The summed E-state index contributed by atoms with van der Waals surface area (Å²) in [6.07, 6.45) is 4.24. The maximum Gasteiger partial charge on any atom is 0.327 e. The molecule has 0 radical (unpaired) electrons. The fourth-order valence-corrected chi connectivity index (χ4v) is 2.38. The first kappa shape index (κ1) is 14.9. The van der Waals surface area contributed by atoms with Gasteiger partial charge in [0, 0.05) is 12.4 Å². The van der Waals surface area contributed by atoms with Gasteiger partial charge in [0.05, 0.1) is 11.4 Å². The molecule has 2 N–H and O–H groups in total. The molecule has 2 heterocycles. The van der Waals surface area contributed by atoms with Crippen LogP contribution in [-0.2, 0) is 9.59 Å². The zero-order chi connectivity index (χ0) is 15.6. The van der Waals surface area contributed by atoms with Crippen LogP contribution in [0.1, 0.15) is 37.4 Å². The van der Waals surface area contributed by atoms with E-state index in [0.29, 0.717) is 5.69 Å². The standard InChI is InChI=1S/C15H16N2O4/c1-9(2)10-5-3-7-16-11(10)12-15(13(18)19,14(20)21)6-4-8-17-12/h3-5,7-9H,6H2,1-2H3,(H,18,19)(H,20,21). The van der Waals surface area contributed by atoms with Crippen molar-refractivity contribution in [3.05, 3.63) is 41.9 Å². The molecule has 6 nitrogen and oxygen atoms in total. The SMILES string of the molecule is CC(C)c1cccnc1C1=NC=CCC1(C(=O)O)C(=O)O. The minimum Gasteiger partial charge on any atom is -0.480 e. The number of nitrogens with zero attached hydrogens (tertiary/aromatic N) is 2. The van der Waals surface area contributed by atoms with Crippen LogP contribution in [0.3, 0.4) is 0 Å². The summed E-state index contributed by atoms with van der Waals surface area (Å²) in [4.78, 5) is 31.6. The number of aromatic nitrogens is 1. The van der Waals surface area contributed by atoms with Crippen molar-refractivity contribution in [2.75, 3.05) is 0 Å². The lowest BCUT2D eigenvalue weighted by Gasteiger charge is -2.28. The lowest BCUT2D eigenvalue weighted by molar-refractivity contribution is -0.158. The molecule has 0 amide bonds. The number of pyridine rings is 1. The van der Waals surface area contributed by atoms with Gasteiger partial charge in [-0.3, -0.25) is 19.6 Å². The summed E-state index contributed by atoms with van der Waals surface area (Å²) in [5.41, 5.74) is -0.999. The molecule has 1 aromatic rings. The van der Waals surface area contributed by atoms with Crippen molar-refractivity contribution in [1.29, 1.82) is 0 Å². The van der Waals surface area contributed by atoms with E-state index < -0.39 is 17.4 Å². The van der Waals surface area contributed by atoms with Crippen LogP contribution in [0, 0.1) is 5.41 Å². The summed E-state index contributed by atoms with van der Waals surface area (Å²) in [5.74, 6) is -2.79. The highest BCUT2D eigenvalue weighted by molar-refractivity contribution is 6.27. The monoisotopic (exact) mass is 288 g/mol. The quantitative estimate of drug-likeness (QED) is 0.826. The van der Waals surface area contributed by atoms with E-state index in [1.54, 1.807) is 6.07 Å². The van der Waals surface area contributed by atoms with Crippen molar-refractivity contribution < 1.29 is 19.8 Å². The Morgan fingerprint density at radius 3 is 2.52 bits per heavy atom. The first-order valence-electron chi connectivity index (χ1n) is 6.56. The zero-order valence-corrected chi connectivity index (χ0v) is 11.8. The molecule has 6 heteroatoms.